The normalized spacial score (nSPS) is 22.9. The van der Waals surface area contributed by atoms with Gasteiger partial charge in [-0.15, -0.1) is 6.58 Å². The second-order valence-electron chi connectivity index (χ2n) is 4.62. The first kappa shape index (κ1) is 11.5. The number of nitrogens with zero attached hydrogens (tertiary/aromatic N) is 2. The Balaban J connectivity index is 2.60. The molecule has 0 spiro atoms. The van der Waals surface area contributed by atoms with E-state index in [0.717, 1.165) is 19.4 Å². The van der Waals surface area contributed by atoms with Gasteiger partial charge in [0, 0.05) is 0 Å². The first-order chi connectivity index (χ1) is 6.61. The van der Waals surface area contributed by atoms with E-state index < -0.39 is 8.24 Å². The molecule has 0 saturated carbocycles. The Morgan fingerprint density at radius 1 is 1.64 bits per heavy atom. The molecule has 1 atom stereocenters. The molecule has 1 aliphatic rings. The molecule has 0 aromatic heterocycles. The summed E-state index contributed by atoms with van der Waals surface area (Å²) >= 11 is 0. The van der Waals surface area contributed by atoms with Crippen LogP contribution >= 0.6 is 0 Å². The number of rotatable bonds is 4. The van der Waals surface area contributed by atoms with Crippen molar-refractivity contribution in [1.82, 2.24) is 4.57 Å². The minimum atomic E-state index is -1.23. The summed E-state index contributed by atoms with van der Waals surface area (Å²) in [6, 6.07) is 3.93. The van der Waals surface area contributed by atoms with Crippen molar-refractivity contribution < 1.29 is 0 Å². The van der Waals surface area contributed by atoms with Crippen LogP contribution in [0, 0.1) is 11.3 Å². The lowest BCUT2D eigenvalue weighted by molar-refractivity contribution is 0.381. The quantitative estimate of drug-likeness (QED) is 0.525. The summed E-state index contributed by atoms with van der Waals surface area (Å²) in [5.41, 5.74) is 0. The molecule has 1 aliphatic heterocycles. The molecular weight excluding hydrogens is 188 g/mol. The highest BCUT2D eigenvalue weighted by Crippen LogP contribution is 2.28. The van der Waals surface area contributed by atoms with Crippen LogP contribution in [0.4, 0.5) is 0 Å². The molecule has 3 heteroatoms. The Hall–Kier alpha value is -0.593. The molecule has 78 valence electrons. The molecule has 1 saturated heterocycles. The van der Waals surface area contributed by atoms with Crippen LogP contribution in [0.15, 0.2) is 12.7 Å². The predicted molar refractivity (Wildman–Crippen MR) is 62.4 cm³/mol. The highest BCUT2D eigenvalue weighted by atomic mass is 28.3. The van der Waals surface area contributed by atoms with E-state index in [1.165, 1.54) is 12.5 Å². The number of hydrogen-bond donors (Lipinski definition) is 0. The van der Waals surface area contributed by atoms with Crippen LogP contribution in [-0.2, 0) is 0 Å². The van der Waals surface area contributed by atoms with Gasteiger partial charge in [0.1, 0.15) is 8.24 Å². The van der Waals surface area contributed by atoms with Crippen LogP contribution < -0.4 is 0 Å². The monoisotopic (exact) mass is 208 g/mol. The van der Waals surface area contributed by atoms with E-state index in [9.17, 15) is 0 Å². The molecule has 1 heterocycles. The average Bonchev–Trinajstić information content (AvgIpc) is 2.48. The second-order valence-corrected chi connectivity index (χ2v) is 9.32. The molecule has 0 aromatic rings. The molecule has 0 bridgehead atoms. The van der Waals surface area contributed by atoms with Gasteiger partial charge in [0.25, 0.3) is 0 Å². The Kier molecular flexibility index (Phi) is 3.91. The van der Waals surface area contributed by atoms with Crippen molar-refractivity contribution in [2.45, 2.75) is 44.4 Å². The third-order valence-corrected chi connectivity index (χ3v) is 6.80. The highest BCUT2D eigenvalue weighted by Gasteiger charge is 2.38. The van der Waals surface area contributed by atoms with Crippen LogP contribution in [0.3, 0.4) is 0 Å². The number of hydrogen-bond acceptors (Lipinski definition) is 2. The van der Waals surface area contributed by atoms with E-state index >= 15 is 0 Å². The van der Waals surface area contributed by atoms with Crippen molar-refractivity contribution in [3.63, 3.8) is 0 Å². The second kappa shape index (κ2) is 4.76. The van der Waals surface area contributed by atoms with Crippen molar-refractivity contribution in [1.29, 1.82) is 5.26 Å². The molecule has 14 heavy (non-hydrogen) atoms. The fourth-order valence-electron chi connectivity index (χ4n) is 2.27. The van der Waals surface area contributed by atoms with E-state index in [4.69, 9.17) is 5.26 Å². The van der Waals surface area contributed by atoms with Gasteiger partial charge in [0.05, 0.1) is 12.1 Å². The fraction of sp³-hybridized carbons (Fsp3) is 0.727. The summed E-state index contributed by atoms with van der Waals surface area (Å²) in [4.78, 5) is 0. The summed E-state index contributed by atoms with van der Waals surface area (Å²) in [5.74, 6) is 0. The highest BCUT2D eigenvalue weighted by molar-refractivity contribution is 6.75. The average molecular weight is 208 g/mol. The van der Waals surface area contributed by atoms with Crippen molar-refractivity contribution >= 4 is 8.24 Å². The van der Waals surface area contributed by atoms with E-state index in [2.05, 4.69) is 30.3 Å². The molecule has 0 aliphatic carbocycles. The molecule has 0 radical (unpaired) electrons. The van der Waals surface area contributed by atoms with Crippen LogP contribution in [0.1, 0.15) is 19.3 Å². The standard InChI is InChI=1S/C11H20N2Si/c1-4-5-7-11(10-12)13-8-6-9-14(13,2)3/h4,11H,1,5-9H2,2-3H3. The van der Waals surface area contributed by atoms with Gasteiger partial charge in [0.15, 0.2) is 0 Å². The molecule has 1 fully saturated rings. The van der Waals surface area contributed by atoms with Gasteiger partial charge in [0.2, 0.25) is 0 Å². The third kappa shape index (κ3) is 2.46. The van der Waals surface area contributed by atoms with E-state index in [0.29, 0.717) is 0 Å². The molecule has 0 aromatic carbocycles. The van der Waals surface area contributed by atoms with Crippen molar-refractivity contribution in [3.8, 4) is 6.07 Å². The first-order valence-corrected chi connectivity index (χ1v) is 8.54. The predicted octanol–water partition coefficient (Wildman–Crippen LogP) is 2.76. The molecule has 0 N–H and O–H groups in total. The first-order valence-electron chi connectivity index (χ1n) is 5.39. The maximum atomic E-state index is 9.14. The Bertz CT molecular complexity index is 242. The Labute approximate surface area is 88.3 Å². The fourth-order valence-corrected chi connectivity index (χ4v) is 5.38. The van der Waals surface area contributed by atoms with Gasteiger partial charge in [-0.2, -0.15) is 5.26 Å². The van der Waals surface area contributed by atoms with Crippen LogP contribution in [0.5, 0.6) is 0 Å². The molecule has 2 nitrogen and oxygen atoms in total. The zero-order valence-electron chi connectivity index (χ0n) is 9.29. The van der Waals surface area contributed by atoms with Crippen molar-refractivity contribution in [2.24, 2.45) is 0 Å². The smallest absolute Gasteiger partial charge is 0.123 e. The maximum absolute atomic E-state index is 9.14. The van der Waals surface area contributed by atoms with E-state index in [1.807, 2.05) is 6.08 Å². The minimum absolute atomic E-state index is 0.136. The lowest BCUT2D eigenvalue weighted by atomic mass is 10.2. The molecule has 1 unspecified atom stereocenters. The summed E-state index contributed by atoms with van der Waals surface area (Å²) < 4.78 is 2.48. The minimum Gasteiger partial charge on any atom is -0.309 e. The molecule has 0 amide bonds. The lowest BCUT2D eigenvalue weighted by Gasteiger charge is -2.33. The molecular formula is C11H20N2Si. The van der Waals surface area contributed by atoms with Gasteiger partial charge >= 0.3 is 0 Å². The van der Waals surface area contributed by atoms with Crippen molar-refractivity contribution in [3.05, 3.63) is 12.7 Å². The number of nitriles is 1. The summed E-state index contributed by atoms with van der Waals surface area (Å²) in [7, 11) is -1.23. The largest absolute Gasteiger partial charge is 0.309 e. The van der Waals surface area contributed by atoms with E-state index in [1.54, 1.807) is 0 Å². The zero-order valence-corrected chi connectivity index (χ0v) is 10.3. The topological polar surface area (TPSA) is 27.0 Å². The molecule has 1 rings (SSSR count). The van der Waals surface area contributed by atoms with E-state index in [-0.39, 0.29) is 6.04 Å². The van der Waals surface area contributed by atoms with Gasteiger partial charge in [-0.1, -0.05) is 19.2 Å². The van der Waals surface area contributed by atoms with Crippen LogP contribution in [0.25, 0.3) is 0 Å². The maximum Gasteiger partial charge on any atom is 0.123 e. The van der Waals surface area contributed by atoms with Gasteiger partial charge in [-0.25, -0.2) is 0 Å². The zero-order chi connectivity index (χ0) is 10.6. The van der Waals surface area contributed by atoms with Gasteiger partial charge < -0.3 is 4.57 Å². The van der Waals surface area contributed by atoms with Crippen LogP contribution in [-0.4, -0.2) is 25.4 Å². The third-order valence-electron chi connectivity index (χ3n) is 3.13. The summed E-state index contributed by atoms with van der Waals surface area (Å²) in [6.45, 7) is 9.59. The summed E-state index contributed by atoms with van der Waals surface area (Å²) in [6.07, 6.45) is 5.11. The van der Waals surface area contributed by atoms with Gasteiger partial charge in [-0.05, 0) is 31.9 Å². The lowest BCUT2D eigenvalue weighted by Crippen LogP contribution is -2.48. The Morgan fingerprint density at radius 2 is 2.36 bits per heavy atom. The van der Waals surface area contributed by atoms with Gasteiger partial charge in [-0.3, -0.25) is 0 Å². The Morgan fingerprint density at radius 3 is 2.79 bits per heavy atom. The summed E-state index contributed by atoms with van der Waals surface area (Å²) in [5, 5.41) is 9.14. The van der Waals surface area contributed by atoms with Crippen LogP contribution in [0.2, 0.25) is 19.1 Å². The SMILES string of the molecule is C=CCCC(C#N)N1CCC[Si]1(C)C. The van der Waals surface area contributed by atoms with Crippen molar-refractivity contribution in [2.75, 3.05) is 6.54 Å². The number of allylic oxidation sites excluding steroid dienone is 1.